The van der Waals surface area contributed by atoms with E-state index in [0.29, 0.717) is 0 Å². The highest BCUT2D eigenvalue weighted by Crippen LogP contribution is 2.42. The number of nitrogens with one attached hydrogen (secondary N) is 2. The van der Waals surface area contributed by atoms with Gasteiger partial charge in [-0.1, -0.05) is 42.1 Å². The molecule has 2 rings (SSSR count). The Morgan fingerprint density at radius 1 is 0.944 bits per heavy atom. The van der Waals surface area contributed by atoms with Crippen LogP contribution in [0.25, 0.3) is 0 Å². The van der Waals surface area contributed by atoms with E-state index in [1.807, 2.05) is 30.3 Å². The van der Waals surface area contributed by atoms with Crippen LogP contribution in [0.3, 0.4) is 0 Å². The van der Waals surface area contributed by atoms with Crippen molar-refractivity contribution in [2.45, 2.75) is 5.92 Å². The van der Waals surface area contributed by atoms with Crippen molar-refractivity contribution in [1.82, 2.24) is 0 Å². The minimum absolute atomic E-state index is 0.155. The van der Waals surface area contributed by atoms with E-state index in [-0.39, 0.29) is 10.1 Å². The first kappa shape index (κ1) is 12.3. The Bertz CT molecular complexity index is 535. The highest BCUT2D eigenvalue weighted by atomic mass is 32.2. The second-order valence-corrected chi connectivity index (χ2v) is 5.06. The van der Waals surface area contributed by atoms with Gasteiger partial charge in [0.25, 0.3) is 0 Å². The van der Waals surface area contributed by atoms with Crippen LogP contribution in [-0.4, -0.2) is 10.1 Å². The zero-order valence-electron chi connectivity index (χ0n) is 9.42. The lowest BCUT2D eigenvalue weighted by Gasteiger charge is -2.31. The van der Waals surface area contributed by atoms with Crippen molar-refractivity contribution < 1.29 is 0 Å². The molecule has 5 heteroatoms. The average molecular weight is 254 g/mol. The Morgan fingerprint density at radius 2 is 1.44 bits per heavy atom. The van der Waals surface area contributed by atoms with Gasteiger partial charge in [-0.15, -0.1) is 0 Å². The summed E-state index contributed by atoms with van der Waals surface area (Å²) in [5.41, 5.74) is 0.838. The Hall–Kier alpha value is -2.11. The molecular weight excluding hydrogens is 244 g/mol. The van der Waals surface area contributed by atoms with Gasteiger partial charge >= 0.3 is 0 Å². The minimum Gasteiger partial charge on any atom is -0.297 e. The Morgan fingerprint density at radius 3 is 1.89 bits per heavy atom. The number of nitriles is 2. The van der Waals surface area contributed by atoms with Gasteiger partial charge in [0.1, 0.15) is 11.8 Å². The third-order valence-corrected chi connectivity index (χ3v) is 3.91. The van der Waals surface area contributed by atoms with Gasteiger partial charge in [0.05, 0.1) is 22.2 Å². The minimum atomic E-state index is -0.642. The molecular formula is C13H10N4S. The van der Waals surface area contributed by atoms with E-state index in [9.17, 15) is 10.5 Å². The molecule has 0 aromatic heterocycles. The molecule has 1 aliphatic rings. The molecule has 1 aromatic rings. The van der Waals surface area contributed by atoms with E-state index in [1.165, 1.54) is 0 Å². The smallest absolute Gasteiger partial charge is 0.103 e. The zero-order chi connectivity index (χ0) is 13.1. The van der Waals surface area contributed by atoms with Crippen molar-refractivity contribution in [2.24, 2.45) is 11.8 Å². The number of hydrogen-bond donors (Lipinski definition) is 2. The molecule has 1 aliphatic heterocycles. The summed E-state index contributed by atoms with van der Waals surface area (Å²) in [6.07, 6.45) is 0. The predicted octanol–water partition coefficient (Wildman–Crippen LogP) is 2.75. The van der Waals surface area contributed by atoms with Crippen molar-refractivity contribution >= 4 is 21.8 Å². The first-order valence-electron chi connectivity index (χ1n) is 5.38. The molecule has 2 atom stereocenters. The third kappa shape index (κ3) is 2.01. The van der Waals surface area contributed by atoms with Crippen molar-refractivity contribution in [3.8, 4) is 12.1 Å². The summed E-state index contributed by atoms with van der Waals surface area (Å²) in [6.45, 7) is 0. The first-order chi connectivity index (χ1) is 8.69. The second-order valence-electron chi connectivity index (χ2n) is 3.98. The molecule has 4 nitrogen and oxygen atoms in total. The van der Waals surface area contributed by atoms with Gasteiger partial charge in [0.15, 0.2) is 0 Å². The summed E-state index contributed by atoms with van der Waals surface area (Å²) in [4.78, 5) is 0. The molecule has 1 saturated heterocycles. The number of rotatable bonds is 1. The van der Waals surface area contributed by atoms with Gasteiger partial charge in [0.2, 0.25) is 0 Å². The lowest BCUT2D eigenvalue weighted by Crippen LogP contribution is -2.34. The molecule has 0 amide bonds. The van der Waals surface area contributed by atoms with Crippen molar-refractivity contribution in [1.29, 1.82) is 21.3 Å². The Kier molecular flexibility index (Phi) is 3.45. The van der Waals surface area contributed by atoms with Crippen LogP contribution >= 0.6 is 11.8 Å². The van der Waals surface area contributed by atoms with Crippen LogP contribution in [0, 0.1) is 45.3 Å². The highest BCUT2D eigenvalue weighted by molar-refractivity contribution is 8.26. The molecule has 1 fully saturated rings. The fraction of sp³-hybridized carbons (Fsp3) is 0.231. The SMILES string of the molecule is N#CC1C(=N)SC(=N)C(C#N)C1c1ccccc1. The lowest BCUT2D eigenvalue weighted by atomic mass is 9.78. The predicted molar refractivity (Wildman–Crippen MR) is 70.4 cm³/mol. The Labute approximate surface area is 109 Å². The number of hydrogen-bond acceptors (Lipinski definition) is 5. The standard InChI is InChI=1S/C13H10N4S/c14-6-9-11(8-4-2-1-3-5-8)10(7-15)13(17)18-12(9)16/h1-5,9-11,16-17H. The zero-order valence-corrected chi connectivity index (χ0v) is 10.2. The maximum absolute atomic E-state index is 9.21. The fourth-order valence-electron chi connectivity index (χ4n) is 2.10. The fourth-order valence-corrected chi connectivity index (χ4v) is 2.99. The van der Waals surface area contributed by atoms with Crippen LogP contribution in [-0.2, 0) is 0 Å². The summed E-state index contributed by atoms with van der Waals surface area (Å²) in [7, 11) is 0. The van der Waals surface area contributed by atoms with Crippen molar-refractivity contribution in [3.63, 3.8) is 0 Å². The summed E-state index contributed by atoms with van der Waals surface area (Å²) >= 11 is 0.927. The summed E-state index contributed by atoms with van der Waals surface area (Å²) in [5, 5.41) is 34.4. The molecule has 2 unspecified atom stereocenters. The first-order valence-corrected chi connectivity index (χ1v) is 6.19. The van der Waals surface area contributed by atoms with Gasteiger partial charge in [-0.05, 0) is 5.56 Å². The largest absolute Gasteiger partial charge is 0.297 e. The van der Waals surface area contributed by atoms with Crippen LogP contribution in [0.4, 0.5) is 0 Å². The van der Waals surface area contributed by atoms with Crippen LogP contribution in [0.1, 0.15) is 11.5 Å². The molecule has 2 N–H and O–H groups in total. The van der Waals surface area contributed by atoms with Crippen LogP contribution in [0.2, 0.25) is 0 Å². The topological polar surface area (TPSA) is 95.3 Å². The molecule has 1 heterocycles. The molecule has 88 valence electrons. The molecule has 0 bridgehead atoms. The quantitative estimate of drug-likeness (QED) is 0.806. The molecule has 0 aliphatic carbocycles. The van der Waals surface area contributed by atoms with Gasteiger partial charge in [-0.2, -0.15) is 10.5 Å². The monoisotopic (exact) mass is 254 g/mol. The molecule has 1 aromatic carbocycles. The Balaban J connectivity index is 2.50. The van der Waals surface area contributed by atoms with Crippen molar-refractivity contribution in [2.75, 3.05) is 0 Å². The van der Waals surface area contributed by atoms with Gasteiger partial charge in [0, 0.05) is 5.92 Å². The van der Waals surface area contributed by atoms with Crippen LogP contribution in [0.5, 0.6) is 0 Å². The molecule has 0 saturated carbocycles. The summed E-state index contributed by atoms with van der Waals surface area (Å²) in [6, 6.07) is 13.4. The number of nitrogens with zero attached hydrogens (tertiary/aromatic N) is 2. The van der Waals surface area contributed by atoms with Crippen molar-refractivity contribution in [3.05, 3.63) is 35.9 Å². The van der Waals surface area contributed by atoms with E-state index in [1.54, 1.807) is 0 Å². The van der Waals surface area contributed by atoms with E-state index < -0.39 is 17.8 Å². The lowest BCUT2D eigenvalue weighted by molar-refractivity contribution is 0.577. The normalized spacial score (nSPS) is 27.3. The summed E-state index contributed by atoms with van der Waals surface area (Å²) in [5.74, 6) is -1.70. The van der Waals surface area contributed by atoms with Crippen LogP contribution in [0.15, 0.2) is 30.3 Å². The van der Waals surface area contributed by atoms with Crippen LogP contribution < -0.4 is 0 Å². The number of thioether (sulfide) groups is 1. The van der Waals surface area contributed by atoms with E-state index >= 15 is 0 Å². The maximum atomic E-state index is 9.21. The second kappa shape index (κ2) is 5.03. The maximum Gasteiger partial charge on any atom is 0.103 e. The average Bonchev–Trinajstić information content (AvgIpc) is 2.39. The van der Waals surface area contributed by atoms with Gasteiger partial charge < -0.3 is 0 Å². The van der Waals surface area contributed by atoms with E-state index in [4.69, 9.17) is 10.8 Å². The third-order valence-electron chi connectivity index (χ3n) is 2.97. The molecule has 18 heavy (non-hydrogen) atoms. The van der Waals surface area contributed by atoms with Gasteiger partial charge in [-0.3, -0.25) is 10.8 Å². The van der Waals surface area contributed by atoms with Gasteiger partial charge in [-0.25, -0.2) is 0 Å². The van der Waals surface area contributed by atoms with E-state index in [0.717, 1.165) is 17.3 Å². The number of benzene rings is 1. The molecule has 0 spiro atoms. The highest BCUT2D eigenvalue weighted by Gasteiger charge is 2.41. The van der Waals surface area contributed by atoms with E-state index in [2.05, 4.69) is 12.1 Å². The molecule has 0 radical (unpaired) electrons. The summed E-state index contributed by atoms with van der Waals surface area (Å²) < 4.78 is 0.